The minimum Gasteiger partial charge on any atom is -0.481 e. The molecule has 0 aliphatic carbocycles. The van der Waals surface area contributed by atoms with Gasteiger partial charge in [-0.2, -0.15) is 0 Å². The second-order valence-electron chi connectivity index (χ2n) is 3.63. The summed E-state index contributed by atoms with van der Waals surface area (Å²) in [5, 5.41) is 23.1. The van der Waals surface area contributed by atoms with Crippen molar-refractivity contribution in [1.82, 2.24) is 4.90 Å². The summed E-state index contributed by atoms with van der Waals surface area (Å²) in [7, 11) is 0. The van der Waals surface area contributed by atoms with Gasteiger partial charge in [-0.25, -0.2) is 4.79 Å². The molecule has 1 atom stereocenters. The molecule has 7 heteroatoms. The molecule has 1 aliphatic heterocycles. The Bertz CT molecular complexity index is 276. The highest BCUT2D eigenvalue weighted by atomic mass is 16.4. The van der Waals surface area contributed by atoms with Gasteiger partial charge in [0, 0.05) is 26.4 Å². The number of aliphatic carboxylic acids is 1. The van der Waals surface area contributed by atoms with Crippen LogP contribution in [0.3, 0.4) is 0 Å². The Labute approximate surface area is 93.4 Å². The Hall–Kier alpha value is -1.79. The molecule has 1 saturated heterocycles. The van der Waals surface area contributed by atoms with E-state index in [1.807, 2.05) is 0 Å². The summed E-state index contributed by atoms with van der Waals surface area (Å²) >= 11 is 0. The predicted molar refractivity (Wildman–Crippen MR) is 57.5 cm³/mol. The molecule has 0 spiro atoms. The van der Waals surface area contributed by atoms with E-state index in [2.05, 4.69) is 0 Å². The molecule has 92 valence electrons. The third kappa shape index (κ3) is 6.63. The fourth-order valence-corrected chi connectivity index (χ4v) is 1.48. The number of amidine groups is 1. The van der Waals surface area contributed by atoms with Crippen molar-refractivity contribution in [2.75, 3.05) is 13.1 Å². The number of nitrogens with zero attached hydrogens (tertiary/aromatic N) is 1. The van der Waals surface area contributed by atoms with E-state index in [0.717, 1.165) is 13.3 Å². The van der Waals surface area contributed by atoms with Crippen LogP contribution in [0, 0.1) is 11.3 Å². The van der Waals surface area contributed by atoms with Crippen LogP contribution in [0.25, 0.3) is 0 Å². The summed E-state index contributed by atoms with van der Waals surface area (Å²) in [4.78, 5) is 20.8. The molecule has 1 fully saturated rings. The van der Waals surface area contributed by atoms with E-state index >= 15 is 0 Å². The van der Waals surface area contributed by atoms with Gasteiger partial charge in [-0.1, -0.05) is 0 Å². The van der Waals surface area contributed by atoms with Crippen molar-refractivity contribution < 1.29 is 19.8 Å². The van der Waals surface area contributed by atoms with E-state index in [-0.39, 0.29) is 11.8 Å². The molecule has 7 nitrogen and oxygen atoms in total. The van der Waals surface area contributed by atoms with Crippen molar-refractivity contribution in [3.8, 4) is 0 Å². The number of rotatable bonds is 2. The molecule has 16 heavy (non-hydrogen) atoms. The van der Waals surface area contributed by atoms with Gasteiger partial charge < -0.3 is 20.8 Å². The smallest absolute Gasteiger partial charge is 0.407 e. The average Bonchev–Trinajstić information content (AvgIpc) is 2.50. The molecule has 0 aromatic heterocycles. The Morgan fingerprint density at radius 1 is 1.50 bits per heavy atom. The van der Waals surface area contributed by atoms with E-state index in [4.69, 9.17) is 26.2 Å². The van der Waals surface area contributed by atoms with Crippen LogP contribution < -0.4 is 5.73 Å². The van der Waals surface area contributed by atoms with Crippen molar-refractivity contribution in [3.05, 3.63) is 0 Å². The van der Waals surface area contributed by atoms with Crippen LogP contribution in [-0.2, 0) is 4.79 Å². The highest BCUT2D eigenvalue weighted by Crippen LogP contribution is 2.18. The molecular formula is C9H17N3O4. The molecule has 1 amide bonds. The first-order valence-corrected chi connectivity index (χ1v) is 4.83. The van der Waals surface area contributed by atoms with E-state index < -0.39 is 12.1 Å². The monoisotopic (exact) mass is 231 g/mol. The summed E-state index contributed by atoms with van der Waals surface area (Å²) in [5.41, 5.74) is 5.21. The first-order valence-electron chi connectivity index (χ1n) is 4.83. The van der Waals surface area contributed by atoms with Gasteiger partial charge in [0.25, 0.3) is 5.97 Å². The molecule has 1 aliphatic rings. The molecule has 0 aromatic carbocycles. The highest BCUT2D eigenvalue weighted by Gasteiger charge is 2.25. The normalized spacial score (nSPS) is 18.6. The zero-order valence-electron chi connectivity index (χ0n) is 9.14. The van der Waals surface area contributed by atoms with Crippen molar-refractivity contribution >= 4 is 17.9 Å². The van der Waals surface area contributed by atoms with Crippen LogP contribution in [0.5, 0.6) is 0 Å². The van der Waals surface area contributed by atoms with Crippen LogP contribution in [0.4, 0.5) is 4.79 Å². The zero-order valence-corrected chi connectivity index (χ0v) is 9.14. The van der Waals surface area contributed by atoms with Gasteiger partial charge in [0.05, 0.1) is 5.84 Å². The maximum atomic E-state index is 10.5. The van der Waals surface area contributed by atoms with E-state index in [9.17, 15) is 4.79 Å². The summed E-state index contributed by atoms with van der Waals surface area (Å²) < 4.78 is 0. The second-order valence-corrected chi connectivity index (χ2v) is 3.63. The van der Waals surface area contributed by atoms with Crippen molar-refractivity contribution in [1.29, 1.82) is 5.41 Å². The van der Waals surface area contributed by atoms with Crippen LogP contribution in [0.2, 0.25) is 0 Å². The summed E-state index contributed by atoms with van der Waals surface area (Å²) in [6, 6.07) is 0. The van der Waals surface area contributed by atoms with Gasteiger partial charge in [0.2, 0.25) is 0 Å². The Balaban J connectivity index is 0.000000487. The van der Waals surface area contributed by atoms with Gasteiger partial charge in [-0.15, -0.1) is 0 Å². The van der Waals surface area contributed by atoms with Crippen LogP contribution in [0.1, 0.15) is 19.8 Å². The lowest BCUT2D eigenvalue weighted by molar-refractivity contribution is -0.134. The number of hydrogen-bond acceptors (Lipinski definition) is 3. The van der Waals surface area contributed by atoms with E-state index in [1.165, 1.54) is 4.90 Å². The van der Waals surface area contributed by atoms with Crippen molar-refractivity contribution in [2.24, 2.45) is 11.7 Å². The third-order valence-corrected chi connectivity index (χ3v) is 2.06. The van der Waals surface area contributed by atoms with Crippen LogP contribution >= 0.6 is 0 Å². The first-order chi connectivity index (χ1) is 7.32. The van der Waals surface area contributed by atoms with Gasteiger partial charge in [-0.3, -0.25) is 10.2 Å². The molecule has 0 saturated carbocycles. The lowest BCUT2D eigenvalue weighted by Crippen LogP contribution is -2.27. The molecule has 0 aromatic rings. The number of carboxylic acids is 1. The summed E-state index contributed by atoms with van der Waals surface area (Å²) in [5.74, 6) is -0.439. The standard InChI is InChI=1S/C7H13N3O2.C2H4O2/c8-6(9)3-5-1-2-10(4-5)7(11)12;1-2(3)4/h5H,1-4H2,(H3,8,9)(H,11,12);1H3,(H,3,4). The summed E-state index contributed by atoms with van der Waals surface area (Å²) in [6.45, 7) is 2.18. The lowest BCUT2D eigenvalue weighted by Gasteiger charge is -2.11. The maximum Gasteiger partial charge on any atom is 0.407 e. The predicted octanol–water partition coefficient (Wildman–Crippen LogP) is 0.403. The van der Waals surface area contributed by atoms with Gasteiger partial charge >= 0.3 is 6.09 Å². The zero-order chi connectivity index (χ0) is 12.7. The number of nitrogens with two attached hydrogens (primary N) is 1. The number of amides is 1. The Kier molecular flexibility index (Phi) is 5.91. The second kappa shape index (κ2) is 6.65. The van der Waals surface area contributed by atoms with Crippen molar-refractivity contribution in [3.63, 3.8) is 0 Å². The topological polar surface area (TPSA) is 128 Å². The minimum absolute atomic E-state index is 0.146. The van der Waals surface area contributed by atoms with Crippen LogP contribution in [-0.4, -0.2) is 46.1 Å². The summed E-state index contributed by atoms with van der Waals surface area (Å²) in [6.07, 6.45) is 0.469. The SMILES string of the molecule is CC(=O)O.N=C(N)CC1CCN(C(=O)O)C1. The molecule has 0 bridgehead atoms. The number of likely N-dealkylation sites (tertiary alicyclic amines) is 1. The molecule has 0 radical (unpaired) electrons. The number of hydrogen-bond donors (Lipinski definition) is 4. The lowest BCUT2D eigenvalue weighted by atomic mass is 10.1. The first kappa shape index (κ1) is 14.2. The fourth-order valence-electron chi connectivity index (χ4n) is 1.48. The van der Waals surface area contributed by atoms with Gasteiger partial charge in [0.1, 0.15) is 0 Å². The van der Waals surface area contributed by atoms with E-state index in [1.54, 1.807) is 0 Å². The van der Waals surface area contributed by atoms with Crippen molar-refractivity contribution in [2.45, 2.75) is 19.8 Å². The highest BCUT2D eigenvalue weighted by molar-refractivity contribution is 5.77. The molecule has 1 unspecified atom stereocenters. The number of carboxylic acid groups (broad SMARTS) is 2. The quantitative estimate of drug-likeness (QED) is 0.404. The third-order valence-electron chi connectivity index (χ3n) is 2.06. The minimum atomic E-state index is -0.874. The number of carbonyl (C=O) groups is 2. The molecular weight excluding hydrogens is 214 g/mol. The van der Waals surface area contributed by atoms with Gasteiger partial charge in [0.15, 0.2) is 0 Å². The molecule has 1 rings (SSSR count). The van der Waals surface area contributed by atoms with E-state index in [0.29, 0.717) is 19.5 Å². The van der Waals surface area contributed by atoms with Gasteiger partial charge in [-0.05, 0) is 12.3 Å². The maximum absolute atomic E-state index is 10.5. The Morgan fingerprint density at radius 3 is 2.31 bits per heavy atom. The number of nitrogens with one attached hydrogen (secondary N) is 1. The van der Waals surface area contributed by atoms with Crippen LogP contribution in [0.15, 0.2) is 0 Å². The molecule has 5 N–H and O–H groups in total. The Morgan fingerprint density at radius 2 is 2.00 bits per heavy atom. The molecule has 1 heterocycles. The average molecular weight is 231 g/mol. The largest absolute Gasteiger partial charge is 0.481 e. The fraction of sp³-hybridized carbons (Fsp3) is 0.667.